The minimum Gasteiger partial charge on any atom is -0.381 e. The number of nitrogens with zero attached hydrogens (tertiary/aromatic N) is 3. The summed E-state index contributed by atoms with van der Waals surface area (Å²) >= 11 is 1.56. The minimum atomic E-state index is -0.168. The van der Waals surface area contributed by atoms with Gasteiger partial charge in [0, 0.05) is 25.1 Å². The van der Waals surface area contributed by atoms with Crippen LogP contribution in [0.1, 0.15) is 50.6 Å². The van der Waals surface area contributed by atoms with Gasteiger partial charge in [-0.05, 0) is 51.2 Å². The normalized spacial score (nSPS) is 15.2. The molecule has 0 saturated carbocycles. The SMILES string of the molecule is CC(C)(C)n1ncc(-c2nc(CC(=O)NCC3CCOCC3)cs2)c1/C=C/c1ccccc1. The number of benzene rings is 1. The maximum absolute atomic E-state index is 12.5. The molecule has 7 heteroatoms. The number of carbonyl (C=O) groups is 1. The Bertz CT molecular complexity index is 1090. The standard InChI is InChI=1S/C26H32N4O2S/c1-26(2,3)30-23(10-9-19-7-5-4-6-8-19)22(17-28-30)25-29-21(18-33-25)15-24(31)27-16-20-11-13-32-14-12-20/h4-10,17-18,20H,11-16H2,1-3H3,(H,27,31)/b10-9+. The van der Waals surface area contributed by atoms with Crippen molar-refractivity contribution in [2.24, 2.45) is 5.92 Å². The highest BCUT2D eigenvalue weighted by molar-refractivity contribution is 7.13. The van der Waals surface area contributed by atoms with Gasteiger partial charge in [0.2, 0.25) is 5.91 Å². The van der Waals surface area contributed by atoms with E-state index in [-0.39, 0.29) is 11.4 Å². The van der Waals surface area contributed by atoms with Crippen molar-refractivity contribution >= 4 is 29.4 Å². The third-order valence-electron chi connectivity index (χ3n) is 5.73. The first-order chi connectivity index (χ1) is 15.9. The Morgan fingerprint density at radius 2 is 1.97 bits per heavy atom. The molecule has 1 N–H and O–H groups in total. The van der Waals surface area contributed by atoms with Gasteiger partial charge in [-0.2, -0.15) is 5.10 Å². The minimum absolute atomic E-state index is 0.0212. The van der Waals surface area contributed by atoms with Gasteiger partial charge in [-0.1, -0.05) is 36.4 Å². The first-order valence-electron chi connectivity index (χ1n) is 11.5. The van der Waals surface area contributed by atoms with Gasteiger partial charge in [-0.3, -0.25) is 9.48 Å². The lowest BCUT2D eigenvalue weighted by atomic mass is 10.0. The van der Waals surface area contributed by atoms with Crippen LogP contribution in [0.3, 0.4) is 0 Å². The summed E-state index contributed by atoms with van der Waals surface area (Å²) in [4.78, 5) is 17.2. The number of carbonyl (C=O) groups excluding carboxylic acids is 1. The van der Waals surface area contributed by atoms with Crippen LogP contribution >= 0.6 is 11.3 Å². The molecule has 0 bridgehead atoms. The van der Waals surface area contributed by atoms with Crippen molar-refractivity contribution < 1.29 is 9.53 Å². The van der Waals surface area contributed by atoms with Crippen LogP contribution in [0.15, 0.2) is 41.9 Å². The Kier molecular flexibility index (Phi) is 7.40. The van der Waals surface area contributed by atoms with Crippen molar-refractivity contribution in [3.8, 4) is 10.6 Å². The summed E-state index contributed by atoms with van der Waals surface area (Å²) in [5.41, 5.74) is 3.75. The molecule has 0 unspecified atom stereocenters. The maximum Gasteiger partial charge on any atom is 0.226 e. The van der Waals surface area contributed by atoms with E-state index in [0.717, 1.165) is 53.6 Å². The molecule has 6 nitrogen and oxygen atoms in total. The van der Waals surface area contributed by atoms with E-state index in [9.17, 15) is 4.79 Å². The summed E-state index contributed by atoms with van der Waals surface area (Å²) in [6.07, 6.45) is 8.40. The van der Waals surface area contributed by atoms with Gasteiger partial charge < -0.3 is 10.1 Å². The molecular weight excluding hydrogens is 432 g/mol. The lowest BCUT2D eigenvalue weighted by Gasteiger charge is -2.22. The van der Waals surface area contributed by atoms with Gasteiger partial charge in [0.05, 0.1) is 35.1 Å². The molecule has 0 atom stereocenters. The highest BCUT2D eigenvalue weighted by atomic mass is 32.1. The molecule has 1 aliphatic rings. The van der Waals surface area contributed by atoms with E-state index in [1.165, 1.54) is 0 Å². The van der Waals surface area contributed by atoms with E-state index in [1.54, 1.807) is 11.3 Å². The highest BCUT2D eigenvalue weighted by Gasteiger charge is 2.22. The van der Waals surface area contributed by atoms with Crippen molar-refractivity contribution in [1.29, 1.82) is 0 Å². The van der Waals surface area contributed by atoms with Gasteiger partial charge in [0.1, 0.15) is 5.01 Å². The number of aromatic nitrogens is 3. The van der Waals surface area contributed by atoms with Crippen LogP contribution in [0.4, 0.5) is 0 Å². The van der Waals surface area contributed by atoms with Crippen LogP contribution in [0.25, 0.3) is 22.7 Å². The predicted octanol–water partition coefficient (Wildman–Crippen LogP) is 5.02. The van der Waals surface area contributed by atoms with Gasteiger partial charge in [0.25, 0.3) is 0 Å². The summed E-state index contributed by atoms with van der Waals surface area (Å²) in [6, 6.07) is 10.2. The Morgan fingerprint density at radius 3 is 2.70 bits per heavy atom. The fraction of sp³-hybridized carbons (Fsp3) is 0.423. The van der Waals surface area contributed by atoms with Gasteiger partial charge in [-0.25, -0.2) is 4.98 Å². The smallest absolute Gasteiger partial charge is 0.226 e. The largest absolute Gasteiger partial charge is 0.381 e. The van der Waals surface area contributed by atoms with E-state index >= 15 is 0 Å². The molecule has 4 rings (SSSR count). The monoisotopic (exact) mass is 464 g/mol. The number of hydrogen-bond acceptors (Lipinski definition) is 5. The van der Waals surface area contributed by atoms with Gasteiger partial charge in [-0.15, -0.1) is 11.3 Å². The lowest BCUT2D eigenvalue weighted by molar-refractivity contribution is -0.120. The van der Waals surface area contributed by atoms with Crippen LogP contribution < -0.4 is 5.32 Å². The van der Waals surface area contributed by atoms with Crippen molar-refractivity contribution in [3.63, 3.8) is 0 Å². The number of nitrogens with one attached hydrogen (secondary N) is 1. The van der Waals surface area contributed by atoms with Crippen molar-refractivity contribution in [3.05, 3.63) is 58.9 Å². The van der Waals surface area contributed by atoms with Crippen molar-refractivity contribution in [2.45, 2.75) is 45.6 Å². The molecule has 1 aromatic carbocycles. The molecule has 33 heavy (non-hydrogen) atoms. The molecule has 0 aliphatic carbocycles. The molecule has 1 fully saturated rings. The Balaban J connectivity index is 1.49. The molecular formula is C26H32N4O2S. The zero-order valence-corrected chi connectivity index (χ0v) is 20.4. The second-order valence-electron chi connectivity index (χ2n) is 9.45. The van der Waals surface area contributed by atoms with Crippen LogP contribution in [0.2, 0.25) is 0 Å². The zero-order valence-electron chi connectivity index (χ0n) is 19.6. The molecule has 1 amide bonds. The van der Waals surface area contributed by atoms with E-state index in [0.29, 0.717) is 18.9 Å². The fourth-order valence-corrected chi connectivity index (χ4v) is 4.74. The summed E-state index contributed by atoms with van der Waals surface area (Å²) in [5, 5.41) is 10.6. The summed E-state index contributed by atoms with van der Waals surface area (Å²) in [6.45, 7) is 8.71. The Morgan fingerprint density at radius 1 is 1.21 bits per heavy atom. The highest BCUT2D eigenvalue weighted by Crippen LogP contribution is 2.31. The average Bonchev–Trinajstić information content (AvgIpc) is 3.44. The molecule has 0 spiro atoms. The third-order valence-corrected chi connectivity index (χ3v) is 6.65. The van der Waals surface area contributed by atoms with Gasteiger partial charge in [0.15, 0.2) is 0 Å². The van der Waals surface area contributed by atoms with Crippen molar-refractivity contribution in [1.82, 2.24) is 20.1 Å². The second-order valence-corrected chi connectivity index (χ2v) is 10.3. The average molecular weight is 465 g/mol. The number of thiazole rings is 1. The molecule has 2 aromatic heterocycles. The molecule has 0 radical (unpaired) electrons. The fourth-order valence-electron chi connectivity index (χ4n) is 3.90. The third kappa shape index (κ3) is 6.18. The number of hydrogen-bond donors (Lipinski definition) is 1. The van der Waals surface area contributed by atoms with Gasteiger partial charge >= 0.3 is 0 Å². The quantitative estimate of drug-likeness (QED) is 0.533. The van der Waals surface area contributed by atoms with Crippen molar-refractivity contribution in [2.75, 3.05) is 19.8 Å². The van der Waals surface area contributed by atoms with E-state index in [4.69, 9.17) is 9.72 Å². The molecule has 1 saturated heterocycles. The summed E-state index contributed by atoms with van der Waals surface area (Å²) in [5.74, 6) is 0.531. The summed E-state index contributed by atoms with van der Waals surface area (Å²) in [7, 11) is 0. The van der Waals surface area contributed by atoms with Crippen LogP contribution in [-0.4, -0.2) is 40.4 Å². The van der Waals surface area contributed by atoms with E-state index < -0.39 is 0 Å². The molecule has 174 valence electrons. The van der Waals surface area contributed by atoms with Crippen LogP contribution in [-0.2, 0) is 21.5 Å². The number of rotatable bonds is 7. The zero-order chi connectivity index (χ0) is 23.3. The summed E-state index contributed by atoms with van der Waals surface area (Å²) < 4.78 is 7.42. The van der Waals surface area contributed by atoms with Crippen LogP contribution in [0, 0.1) is 5.92 Å². The van der Waals surface area contributed by atoms with E-state index in [2.05, 4.69) is 55.5 Å². The second kappa shape index (κ2) is 10.4. The topological polar surface area (TPSA) is 69.0 Å². The first-order valence-corrected chi connectivity index (χ1v) is 12.4. The lowest BCUT2D eigenvalue weighted by Crippen LogP contribution is -2.33. The number of amides is 1. The molecule has 1 aliphatic heterocycles. The number of ether oxygens (including phenoxy) is 1. The van der Waals surface area contributed by atoms with E-state index in [1.807, 2.05) is 34.5 Å². The Labute approximate surface area is 199 Å². The maximum atomic E-state index is 12.5. The Hall–Kier alpha value is -2.77. The molecule has 3 aromatic rings. The molecule has 3 heterocycles. The van der Waals surface area contributed by atoms with Crippen LogP contribution in [0.5, 0.6) is 0 Å². The predicted molar refractivity (Wildman–Crippen MR) is 134 cm³/mol. The first kappa shape index (κ1) is 23.4.